The summed E-state index contributed by atoms with van der Waals surface area (Å²) in [4.78, 5) is 20.1. The second-order valence-corrected chi connectivity index (χ2v) is 9.43. The minimum absolute atomic E-state index is 0.124. The molecule has 0 aromatic heterocycles. The largest absolute Gasteiger partial charge is 0.496 e. The minimum Gasteiger partial charge on any atom is -0.496 e. The lowest BCUT2D eigenvalue weighted by Crippen LogP contribution is -2.25. The smallest absolute Gasteiger partial charge is 0.251 e. The first-order valence-corrected chi connectivity index (χ1v) is 12.4. The number of aliphatic hydroxyl groups excluding tert-OH is 1. The summed E-state index contributed by atoms with van der Waals surface area (Å²) in [5.41, 5.74) is 5.46. The van der Waals surface area contributed by atoms with Crippen molar-refractivity contribution in [2.45, 2.75) is 49.0 Å². The lowest BCUT2D eigenvalue weighted by molar-refractivity contribution is 0.0954. The first-order valence-electron chi connectivity index (χ1n) is 11.6. The molecule has 176 valence electrons. The molecule has 2 N–H and O–H groups in total. The van der Waals surface area contributed by atoms with Gasteiger partial charge in [-0.25, -0.2) is 0 Å². The molecule has 1 aliphatic rings. The maximum atomic E-state index is 12.9. The summed E-state index contributed by atoms with van der Waals surface area (Å²) in [6, 6.07) is 19.8. The Balaban J connectivity index is 1.48. The number of aliphatic hydroxyl groups is 1. The number of carbonyl (C=O) groups is 1. The molecule has 0 spiro atoms. The fourth-order valence-electron chi connectivity index (χ4n) is 4.02. The molecule has 6 heteroatoms. The van der Waals surface area contributed by atoms with Gasteiger partial charge in [-0.2, -0.15) is 0 Å². The predicted molar refractivity (Wildman–Crippen MR) is 138 cm³/mol. The number of fused-ring (bicyclic) bond motifs is 2. The van der Waals surface area contributed by atoms with Gasteiger partial charge in [-0.3, -0.25) is 9.79 Å². The van der Waals surface area contributed by atoms with Crippen LogP contribution >= 0.6 is 11.8 Å². The van der Waals surface area contributed by atoms with Crippen LogP contribution in [0, 0.1) is 0 Å². The minimum atomic E-state index is -0.553. The summed E-state index contributed by atoms with van der Waals surface area (Å²) in [6.07, 6.45) is 1.98. The standard InChI is InChI=1S/C28H30N2O3S/c1-4-7-23-22-8-5-6-9-26(22)34-27-13-12-21(16-24(27)30-23)28(32)29-15-14-19-10-11-20(18(2)31)17-25(19)33-3/h5-6,8-13,16-18,31H,4,7,14-15H2,1-3H3,(H,29,32). The quantitative estimate of drug-likeness (QED) is 0.413. The summed E-state index contributed by atoms with van der Waals surface area (Å²) >= 11 is 1.70. The highest BCUT2D eigenvalue weighted by atomic mass is 32.2. The number of methoxy groups -OCH3 is 1. The summed E-state index contributed by atoms with van der Waals surface area (Å²) in [5.74, 6) is 0.591. The molecule has 0 radical (unpaired) electrons. The zero-order valence-electron chi connectivity index (χ0n) is 19.8. The van der Waals surface area contributed by atoms with Crippen LogP contribution in [-0.2, 0) is 6.42 Å². The van der Waals surface area contributed by atoms with Crippen molar-refractivity contribution in [2.75, 3.05) is 13.7 Å². The average molecular weight is 475 g/mol. The van der Waals surface area contributed by atoms with Gasteiger partial charge in [0.2, 0.25) is 0 Å². The Kier molecular flexibility index (Phi) is 7.70. The van der Waals surface area contributed by atoms with E-state index in [-0.39, 0.29) is 5.91 Å². The van der Waals surface area contributed by atoms with Crippen molar-refractivity contribution in [3.05, 3.63) is 82.9 Å². The molecule has 1 unspecified atom stereocenters. The molecule has 1 amide bonds. The van der Waals surface area contributed by atoms with Crippen LogP contribution in [0.2, 0.25) is 0 Å². The Bertz CT molecular complexity index is 1220. The SMILES string of the molecule is CCCC1=Nc2cc(C(=O)NCCc3ccc(C(C)O)cc3OC)ccc2Sc2ccccc21. The van der Waals surface area contributed by atoms with Crippen LogP contribution in [0.3, 0.4) is 0 Å². The van der Waals surface area contributed by atoms with Crippen LogP contribution in [0.4, 0.5) is 5.69 Å². The van der Waals surface area contributed by atoms with Crippen molar-refractivity contribution < 1.29 is 14.6 Å². The molecule has 0 bridgehead atoms. The third-order valence-electron chi connectivity index (χ3n) is 5.85. The average Bonchev–Trinajstić information content (AvgIpc) is 3.00. The Hall–Kier alpha value is -3.09. The maximum Gasteiger partial charge on any atom is 0.251 e. The van der Waals surface area contributed by atoms with E-state index in [9.17, 15) is 9.90 Å². The Morgan fingerprint density at radius 1 is 1.09 bits per heavy atom. The van der Waals surface area contributed by atoms with Crippen molar-refractivity contribution in [3.8, 4) is 5.75 Å². The first-order chi connectivity index (χ1) is 16.5. The summed E-state index contributed by atoms with van der Waals surface area (Å²) < 4.78 is 5.47. The van der Waals surface area contributed by atoms with Gasteiger partial charge in [-0.1, -0.05) is 55.4 Å². The van der Waals surface area contributed by atoms with Gasteiger partial charge in [-0.05, 0) is 61.2 Å². The van der Waals surface area contributed by atoms with Crippen LogP contribution in [0.25, 0.3) is 0 Å². The van der Waals surface area contributed by atoms with Crippen molar-refractivity contribution in [3.63, 3.8) is 0 Å². The molecule has 0 saturated heterocycles. The molecule has 5 nitrogen and oxygen atoms in total. The lowest BCUT2D eigenvalue weighted by atomic mass is 10.0. The van der Waals surface area contributed by atoms with E-state index in [4.69, 9.17) is 9.73 Å². The van der Waals surface area contributed by atoms with Crippen LogP contribution in [0.5, 0.6) is 5.75 Å². The Labute approximate surface area is 205 Å². The van der Waals surface area contributed by atoms with Gasteiger partial charge in [0.05, 0.1) is 18.9 Å². The van der Waals surface area contributed by atoms with Crippen molar-refractivity contribution in [1.29, 1.82) is 0 Å². The topological polar surface area (TPSA) is 70.9 Å². The van der Waals surface area contributed by atoms with Crippen LogP contribution in [0.1, 0.15) is 59.8 Å². The number of aliphatic imine (C=N–C) groups is 1. The monoisotopic (exact) mass is 474 g/mol. The van der Waals surface area contributed by atoms with Crippen molar-refractivity contribution in [1.82, 2.24) is 5.32 Å². The van der Waals surface area contributed by atoms with E-state index in [1.54, 1.807) is 25.8 Å². The van der Waals surface area contributed by atoms with Crippen LogP contribution in [0.15, 0.2) is 75.4 Å². The van der Waals surface area contributed by atoms with Gasteiger partial charge in [0.25, 0.3) is 5.91 Å². The fraction of sp³-hybridized carbons (Fsp3) is 0.286. The molecule has 34 heavy (non-hydrogen) atoms. The molecule has 1 aliphatic heterocycles. The predicted octanol–water partition coefficient (Wildman–Crippen LogP) is 6.11. The van der Waals surface area contributed by atoms with E-state index in [0.29, 0.717) is 24.3 Å². The van der Waals surface area contributed by atoms with Gasteiger partial charge >= 0.3 is 0 Å². The first kappa shape index (κ1) is 24.0. The van der Waals surface area contributed by atoms with Gasteiger partial charge in [0.1, 0.15) is 5.75 Å². The number of amides is 1. The van der Waals surface area contributed by atoms with E-state index < -0.39 is 6.10 Å². The van der Waals surface area contributed by atoms with E-state index in [2.05, 4.69) is 30.4 Å². The summed E-state index contributed by atoms with van der Waals surface area (Å²) in [5, 5.41) is 12.8. The van der Waals surface area contributed by atoms with Crippen molar-refractivity contribution >= 4 is 29.1 Å². The number of ether oxygens (including phenoxy) is 1. The molecule has 0 aliphatic carbocycles. The third-order valence-corrected chi connectivity index (χ3v) is 7.00. The highest BCUT2D eigenvalue weighted by Gasteiger charge is 2.18. The third kappa shape index (κ3) is 5.34. The number of benzene rings is 3. The van der Waals surface area contributed by atoms with Gasteiger partial charge in [-0.15, -0.1) is 0 Å². The zero-order valence-corrected chi connectivity index (χ0v) is 20.6. The van der Waals surface area contributed by atoms with E-state index >= 15 is 0 Å². The second kappa shape index (κ2) is 10.9. The molecule has 1 atom stereocenters. The number of rotatable bonds is 8. The van der Waals surface area contributed by atoms with E-state index in [1.165, 1.54) is 10.5 Å². The molecule has 1 heterocycles. The Morgan fingerprint density at radius 2 is 1.91 bits per heavy atom. The maximum absolute atomic E-state index is 12.9. The number of nitrogens with zero attached hydrogens (tertiary/aromatic N) is 1. The molecule has 0 saturated carbocycles. The molecular formula is C28H30N2O3S. The highest BCUT2D eigenvalue weighted by molar-refractivity contribution is 7.99. The van der Waals surface area contributed by atoms with Gasteiger partial charge in [0.15, 0.2) is 0 Å². The number of carbonyl (C=O) groups excluding carboxylic acids is 1. The summed E-state index contributed by atoms with van der Waals surface area (Å²) in [6.45, 7) is 4.35. The van der Waals surface area contributed by atoms with Gasteiger partial charge < -0.3 is 15.2 Å². The van der Waals surface area contributed by atoms with E-state index in [0.717, 1.165) is 40.3 Å². The van der Waals surface area contributed by atoms with Crippen LogP contribution in [-0.4, -0.2) is 30.4 Å². The molecule has 3 aromatic rings. The van der Waals surface area contributed by atoms with Crippen molar-refractivity contribution in [2.24, 2.45) is 4.99 Å². The number of hydrogen-bond donors (Lipinski definition) is 2. The fourth-order valence-corrected chi connectivity index (χ4v) is 5.04. The number of hydrogen-bond acceptors (Lipinski definition) is 5. The molecular weight excluding hydrogens is 444 g/mol. The van der Waals surface area contributed by atoms with Crippen LogP contribution < -0.4 is 10.1 Å². The Morgan fingerprint density at radius 3 is 2.68 bits per heavy atom. The highest BCUT2D eigenvalue weighted by Crippen LogP contribution is 2.41. The zero-order chi connectivity index (χ0) is 24.1. The van der Waals surface area contributed by atoms with Gasteiger partial charge in [0, 0.05) is 33.2 Å². The molecule has 4 rings (SSSR count). The molecule has 3 aromatic carbocycles. The normalized spacial score (nSPS) is 13.2. The summed E-state index contributed by atoms with van der Waals surface area (Å²) in [7, 11) is 1.61. The lowest BCUT2D eigenvalue weighted by Gasteiger charge is -2.13. The van der Waals surface area contributed by atoms with E-state index in [1.807, 2.05) is 42.5 Å². The molecule has 0 fully saturated rings. The second-order valence-electron chi connectivity index (χ2n) is 8.34. The number of nitrogens with one attached hydrogen (secondary N) is 1.